The first kappa shape index (κ1) is 24.2. The number of allylic oxidation sites excluding steroid dienone is 3. The molecule has 4 nitrogen and oxygen atoms in total. The van der Waals surface area contributed by atoms with Crippen LogP contribution in [0.5, 0.6) is 5.75 Å². The summed E-state index contributed by atoms with van der Waals surface area (Å²) in [6.07, 6.45) is 6.38. The minimum Gasteiger partial charge on any atom is -0.497 e. The molecule has 3 fully saturated rings. The third kappa shape index (κ3) is 4.06. The van der Waals surface area contributed by atoms with Crippen molar-refractivity contribution >= 4 is 5.78 Å². The van der Waals surface area contributed by atoms with Gasteiger partial charge >= 0.3 is 0 Å². The van der Waals surface area contributed by atoms with E-state index >= 15 is 0 Å². The molecule has 4 aliphatic rings. The van der Waals surface area contributed by atoms with E-state index in [2.05, 4.69) is 37.0 Å². The molecule has 0 bridgehead atoms. The standard InChI is InChI=1S/C33H34O4/c1-32-21-37-31(23-8-12-26(36-2)13-9-23)30-27-15-11-25(34)20-24(27)10-14-28(30)29(32)17-19-33(32,35)18-16-22-6-4-3-5-7-22/h3-10,12-13,28-29,31,35H,11,14-15,17,19-21H2,1-2H3/t28?,29?,31-,32+,33+/m1/s1. The molecule has 1 N–H and O–H groups in total. The van der Waals surface area contributed by atoms with Crippen molar-refractivity contribution in [2.45, 2.75) is 57.2 Å². The molecule has 2 saturated carbocycles. The highest BCUT2D eigenvalue weighted by atomic mass is 16.5. The summed E-state index contributed by atoms with van der Waals surface area (Å²) in [4.78, 5) is 12.3. The summed E-state index contributed by atoms with van der Waals surface area (Å²) in [5.74, 6) is 8.18. The minimum atomic E-state index is -1.13. The zero-order chi connectivity index (χ0) is 25.6. The van der Waals surface area contributed by atoms with Crippen molar-refractivity contribution in [1.82, 2.24) is 0 Å². The van der Waals surface area contributed by atoms with Gasteiger partial charge in [-0.25, -0.2) is 0 Å². The Hall–Kier alpha value is -3.13. The summed E-state index contributed by atoms with van der Waals surface area (Å²) >= 11 is 0. The second kappa shape index (κ2) is 9.31. The number of hydrogen-bond acceptors (Lipinski definition) is 4. The smallest absolute Gasteiger partial charge is 0.137 e. The van der Waals surface area contributed by atoms with Crippen LogP contribution in [0.3, 0.4) is 0 Å². The Morgan fingerprint density at radius 2 is 1.86 bits per heavy atom. The van der Waals surface area contributed by atoms with Gasteiger partial charge in [0.25, 0.3) is 0 Å². The fourth-order valence-electron chi connectivity index (χ4n) is 7.16. The maximum absolute atomic E-state index is 12.3. The first-order valence-electron chi connectivity index (χ1n) is 13.4. The summed E-state index contributed by atoms with van der Waals surface area (Å²) in [5, 5.41) is 12.1. The van der Waals surface area contributed by atoms with Crippen LogP contribution in [-0.4, -0.2) is 30.2 Å². The second-order valence-electron chi connectivity index (χ2n) is 11.2. The van der Waals surface area contributed by atoms with Crippen molar-refractivity contribution in [3.05, 3.63) is 88.5 Å². The predicted octanol–water partition coefficient (Wildman–Crippen LogP) is 5.96. The Kier molecular flexibility index (Phi) is 6.10. The monoisotopic (exact) mass is 494 g/mol. The molecule has 2 aromatic rings. The van der Waals surface area contributed by atoms with Crippen LogP contribution in [0.1, 0.15) is 62.7 Å². The molecule has 190 valence electrons. The molecule has 6 rings (SSSR count). The lowest BCUT2D eigenvalue weighted by atomic mass is 9.62. The van der Waals surface area contributed by atoms with E-state index < -0.39 is 11.0 Å². The summed E-state index contributed by atoms with van der Waals surface area (Å²) in [5.41, 5.74) is 4.18. The molecule has 4 heteroatoms. The van der Waals surface area contributed by atoms with Crippen LogP contribution >= 0.6 is 0 Å². The average molecular weight is 495 g/mol. The highest BCUT2D eigenvalue weighted by Crippen LogP contribution is 2.61. The molecule has 0 spiro atoms. The van der Waals surface area contributed by atoms with E-state index in [-0.39, 0.29) is 17.9 Å². The van der Waals surface area contributed by atoms with Gasteiger partial charge in [-0.15, -0.1) is 0 Å². The first-order chi connectivity index (χ1) is 17.9. The van der Waals surface area contributed by atoms with Crippen LogP contribution in [0, 0.1) is 29.1 Å². The molecule has 3 aliphatic carbocycles. The van der Waals surface area contributed by atoms with Crippen molar-refractivity contribution < 1.29 is 19.4 Å². The van der Waals surface area contributed by atoms with Gasteiger partial charge in [-0.3, -0.25) is 4.79 Å². The number of carbonyl (C=O) groups is 1. The van der Waals surface area contributed by atoms with Crippen LogP contribution in [0.15, 0.2) is 77.4 Å². The van der Waals surface area contributed by atoms with Gasteiger partial charge in [0.05, 0.1) is 13.7 Å². The van der Waals surface area contributed by atoms with Crippen LogP contribution in [0.25, 0.3) is 0 Å². The maximum Gasteiger partial charge on any atom is 0.137 e. The third-order valence-corrected chi connectivity index (χ3v) is 9.30. The Morgan fingerprint density at radius 1 is 1.08 bits per heavy atom. The predicted molar refractivity (Wildman–Crippen MR) is 143 cm³/mol. The van der Waals surface area contributed by atoms with E-state index in [4.69, 9.17) is 9.47 Å². The molecular weight excluding hydrogens is 460 g/mol. The number of carbonyl (C=O) groups excluding carboxylic acids is 1. The van der Waals surface area contributed by atoms with Gasteiger partial charge in [0.2, 0.25) is 0 Å². The molecule has 2 unspecified atom stereocenters. The van der Waals surface area contributed by atoms with Gasteiger partial charge in [0, 0.05) is 23.8 Å². The van der Waals surface area contributed by atoms with E-state index in [1.54, 1.807) is 7.11 Å². The zero-order valence-corrected chi connectivity index (χ0v) is 21.6. The summed E-state index contributed by atoms with van der Waals surface area (Å²) in [6, 6.07) is 18.0. The second-order valence-corrected chi connectivity index (χ2v) is 11.2. The normalized spacial score (nSPS) is 32.8. The fourth-order valence-corrected chi connectivity index (χ4v) is 7.16. The molecule has 5 atom stereocenters. The molecule has 2 aromatic carbocycles. The third-order valence-electron chi connectivity index (χ3n) is 9.30. The lowest BCUT2D eigenvalue weighted by molar-refractivity contribution is -0.118. The number of methoxy groups -OCH3 is 1. The van der Waals surface area contributed by atoms with Crippen molar-refractivity contribution in [3.8, 4) is 17.6 Å². The van der Waals surface area contributed by atoms with E-state index in [1.165, 1.54) is 16.7 Å². The Bertz CT molecular complexity index is 1330. The van der Waals surface area contributed by atoms with Crippen molar-refractivity contribution in [3.63, 3.8) is 0 Å². The molecule has 1 heterocycles. The van der Waals surface area contributed by atoms with Crippen LogP contribution in [-0.2, 0) is 9.53 Å². The van der Waals surface area contributed by atoms with Gasteiger partial charge in [-0.1, -0.05) is 55.2 Å². The molecule has 37 heavy (non-hydrogen) atoms. The van der Waals surface area contributed by atoms with E-state index in [9.17, 15) is 9.90 Å². The topological polar surface area (TPSA) is 55.8 Å². The van der Waals surface area contributed by atoms with Crippen molar-refractivity contribution in [2.24, 2.45) is 17.3 Å². The van der Waals surface area contributed by atoms with Crippen LogP contribution in [0.2, 0.25) is 0 Å². The van der Waals surface area contributed by atoms with Gasteiger partial charge in [0.15, 0.2) is 0 Å². The number of fused-ring (bicyclic) bond motifs is 4. The van der Waals surface area contributed by atoms with Crippen LogP contribution < -0.4 is 4.74 Å². The van der Waals surface area contributed by atoms with E-state index in [1.807, 2.05) is 42.5 Å². The Morgan fingerprint density at radius 3 is 2.62 bits per heavy atom. The number of rotatable bonds is 2. The summed E-state index contributed by atoms with van der Waals surface area (Å²) in [6.45, 7) is 2.60. The number of ether oxygens (including phenoxy) is 2. The number of hydrogen-bond donors (Lipinski definition) is 1. The first-order valence-corrected chi connectivity index (χ1v) is 13.4. The summed E-state index contributed by atoms with van der Waals surface area (Å²) < 4.78 is 12.2. The van der Waals surface area contributed by atoms with E-state index in [0.717, 1.165) is 36.1 Å². The molecule has 1 aliphatic heterocycles. The van der Waals surface area contributed by atoms with Gasteiger partial charge in [0.1, 0.15) is 23.2 Å². The molecular formula is C33H34O4. The lowest BCUT2D eigenvalue weighted by Gasteiger charge is -2.42. The number of ketones is 1. The SMILES string of the molecule is COc1ccc([C@H]2OC[C@@]3(C)C(CC[C@@]3(O)C#Cc3ccccc3)C3CC=C4CC(=O)CCC4=C32)cc1. The number of aliphatic hydroxyl groups is 1. The number of Topliss-reactive ketones (excluding diaryl/α,β-unsaturated/α-hetero) is 1. The molecule has 0 aromatic heterocycles. The zero-order valence-electron chi connectivity index (χ0n) is 21.6. The maximum atomic E-state index is 12.3. The van der Waals surface area contributed by atoms with Crippen molar-refractivity contribution in [1.29, 1.82) is 0 Å². The van der Waals surface area contributed by atoms with Gasteiger partial charge in [-0.05, 0) is 84.1 Å². The molecule has 1 saturated heterocycles. The summed E-state index contributed by atoms with van der Waals surface area (Å²) in [7, 11) is 1.67. The highest BCUT2D eigenvalue weighted by molar-refractivity contribution is 5.84. The van der Waals surface area contributed by atoms with Gasteiger partial charge < -0.3 is 14.6 Å². The highest BCUT2D eigenvalue weighted by Gasteiger charge is 2.61. The lowest BCUT2D eigenvalue weighted by Crippen LogP contribution is -2.48. The largest absolute Gasteiger partial charge is 0.497 e. The average Bonchev–Trinajstić information content (AvgIpc) is 3.10. The van der Waals surface area contributed by atoms with Crippen LogP contribution in [0.4, 0.5) is 0 Å². The quantitative estimate of drug-likeness (QED) is 0.524. The van der Waals surface area contributed by atoms with E-state index in [0.29, 0.717) is 31.7 Å². The molecule has 0 amide bonds. The Labute approximate surface area is 219 Å². The molecule has 0 radical (unpaired) electrons. The number of benzene rings is 2. The Balaban J connectivity index is 1.44. The van der Waals surface area contributed by atoms with Gasteiger partial charge in [-0.2, -0.15) is 0 Å². The van der Waals surface area contributed by atoms with Crippen molar-refractivity contribution in [2.75, 3.05) is 13.7 Å². The minimum absolute atomic E-state index is 0.212. The fraction of sp³-hybridized carbons (Fsp3) is 0.424.